The lowest BCUT2D eigenvalue weighted by atomic mass is 10.1. The third-order valence-corrected chi connectivity index (χ3v) is 4.43. The highest BCUT2D eigenvalue weighted by atomic mass is 16.4. The first kappa shape index (κ1) is 17.4. The van der Waals surface area contributed by atoms with E-state index in [0.29, 0.717) is 17.0 Å². The number of carbonyl (C=O) groups is 2. The number of rotatable bonds is 4. The van der Waals surface area contributed by atoms with Gasteiger partial charge in [-0.15, -0.1) is 0 Å². The lowest BCUT2D eigenvalue weighted by molar-refractivity contribution is -0.114. The van der Waals surface area contributed by atoms with Crippen molar-refractivity contribution in [3.8, 4) is 5.69 Å². The minimum atomic E-state index is -1.02. The molecule has 1 N–H and O–H groups in total. The van der Waals surface area contributed by atoms with Gasteiger partial charge in [0.15, 0.2) is 0 Å². The van der Waals surface area contributed by atoms with Crippen LogP contribution < -0.4 is 5.01 Å². The summed E-state index contributed by atoms with van der Waals surface area (Å²) in [4.78, 5) is 27.8. The monoisotopic (exact) mass is 372 g/mol. The average molecular weight is 372 g/mol. The molecule has 28 heavy (non-hydrogen) atoms. The summed E-state index contributed by atoms with van der Waals surface area (Å²) < 4.78 is 1.90. The fraction of sp³-hybridized carbons (Fsp3) is 0.0476. The van der Waals surface area contributed by atoms with Gasteiger partial charge in [0.1, 0.15) is 0 Å². The van der Waals surface area contributed by atoms with Crippen LogP contribution in [0.2, 0.25) is 0 Å². The molecular weight excluding hydrogens is 356 g/mol. The molecule has 1 amide bonds. The third-order valence-electron chi connectivity index (χ3n) is 4.43. The first-order valence-corrected chi connectivity index (χ1v) is 8.56. The lowest BCUT2D eigenvalue weighted by Crippen LogP contribution is -2.21. The van der Waals surface area contributed by atoms with Gasteiger partial charge < -0.3 is 9.67 Å². The summed E-state index contributed by atoms with van der Waals surface area (Å²) in [6, 6.07) is 13.8. The Morgan fingerprint density at radius 1 is 1.04 bits per heavy atom. The van der Waals surface area contributed by atoms with Gasteiger partial charge in [-0.3, -0.25) is 4.79 Å². The Balaban J connectivity index is 1.58. The molecule has 0 atom stereocenters. The number of hydrogen-bond donors (Lipinski definition) is 1. The number of nitrogens with zero attached hydrogens (tertiary/aromatic N) is 4. The molecule has 0 spiro atoms. The molecule has 2 heterocycles. The number of imidazole rings is 1. The Morgan fingerprint density at radius 3 is 2.32 bits per heavy atom. The minimum absolute atomic E-state index is 0.157. The number of anilines is 1. The first-order valence-electron chi connectivity index (χ1n) is 8.56. The predicted molar refractivity (Wildman–Crippen MR) is 106 cm³/mol. The third kappa shape index (κ3) is 3.21. The van der Waals surface area contributed by atoms with Crippen molar-refractivity contribution in [1.82, 2.24) is 9.55 Å². The van der Waals surface area contributed by atoms with Crippen molar-refractivity contribution < 1.29 is 14.7 Å². The molecule has 0 saturated heterocycles. The number of aromatic carboxylic acids is 1. The first-order chi connectivity index (χ1) is 13.5. The molecule has 1 aliphatic rings. The van der Waals surface area contributed by atoms with Crippen molar-refractivity contribution in [3.63, 3.8) is 0 Å². The largest absolute Gasteiger partial charge is 0.478 e. The van der Waals surface area contributed by atoms with Crippen LogP contribution in [0.1, 0.15) is 22.8 Å². The molecule has 0 fully saturated rings. The van der Waals surface area contributed by atoms with Crippen LogP contribution in [0, 0.1) is 0 Å². The predicted octanol–water partition coefficient (Wildman–Crippen LogP) is 3.38. The molecule has 0 bridgehead atoms. The van der Waals surface area contributed by atoms with Crippen LogP contribution in [-0.2, 0) is 4.79 Å². The van der Waals surface area contributed by atoms with E-state index in [1.807, 2.05) is 35.0 Å². The number of hydrogen-bond acceptors (Lipinski definition) is 4. The molecule has 4 rings (SSSR count). The highest BCUT2D eigenvalue weighted by Crippen LogP contribution is 2.25. The zero-order chi connectivity index (χ0) is 19.7. The molecule has 0 aliphatic carbocycles. The summed E-state index contributed by atoms with van der Waals surface area (Å²) in [5.41, 5.74) is 3.63. The van der Waals surface area contributed by atoms with Crippen molar-refractivity contribution in [2.24, 2.45) is 5.10 Å². The van der Waals surface area contributed by atoms with E-state index in [0.717, 1.165) is 11.3 Å². The van der Waals surface area contributed by atoms with E-state index in [-0.39, 0.29) is 11.5 Å². The highest BCUT2D eigenvalue weighted by Gasteiger charge is 2.28. The summed E-state index contributed by atoms with van der Waals surface area (Å²) in [5.74, 6) is -1.27. The van der Waals surface area contributed by atoms with E-state index in [1.54, 1.807) is 37.7 Å². The summed E-state index contributed by atoms with van der Waals surface area (Å²) >= 11 is 0. The van der Waals surface area contributed by atoms with Crippen molar-refractivity contribution in [1.29, 1.82) is 0 Å². The minimum Gasteiger partial charge on any atom is -0.478 e. The Kier molecular flexibility index (Phi) is 4.33. The summed E-state index contributed by atoms with van der Waals surface area (Å²) in [7, 11) is 0. The van der Waals surface area contributed by atoms with Crippen molar-refractivity contribution in [2.45, 2.75) is 6.92 Å². The van der Waals surface area contributed by atoms with E-state index >= 15 is 0 Å². The highest BCUT2D eigenvalue weighted by molar-refractivity contribution is 6.32. The fourth-order valence-corrected chi connectivity index (χ4v) is 2.93. The van der Waals surface area contributed by atoms with Gasteiger partial charge in [0.05, 0.1) is 28.9 Å². The lowest BCUT2D eigenvalue weighted by Gasteiger charge is -2.11. The van der Waals surface area contributed by atoms with Crippen LogP contribution in [0.25, 0.3) is 11.8 Å². The van der Waals surface area contributed by atoms with Crippen LogP contribution >= 0.6 is 0 Å². The van der Waals surface area contributed by atoms with Crippen LogP contribution in [-0.4, -0.2) is 32.2 Å². The van der Waals surface area contributed by atoms with E-state index < -0.39 is 5.97 Å². The maximum absolute atomic E-state index is 12.8. The van der Waals surface area contributed by atoms with Gasteiger partial charge in [-0.05, 0) is 55.0 Å². The van der Waals surface area contributed by atoms with E-state index in [4.69, 9.17) is 5.11 Å². The molecule has 0 saturated carbocycles. The van der Waals surface area contributed by atoms with E-state index in [1.165, 1.54) is 17.1 Å². The van der Waals surface area contributed by atoms with E-state index in [9.17, 15) is 9.59 Å². The second-order valence-corrected chi connectivity index (χ2v) is 6.27. The molecule has 3 aromatic rings. The molecule has 0 radical (unpaired) electrons. The van der Waals surface area contributed by atoms with Crippen LogP contribution in [0.5, 0.6) is 0 Å². The number of carbonyl (C=O) groups excluding carboxylic acids is 1. The summed E-state index contributed by atoms with van der Waals surface area (Å²) in [6.07, 6.45) is 7.09. The number of carboxylic acids is 1. The molecule has 0 unspecified atom stereocenters. The maximum atomic E-state index is 12.8. The Labute approximate surface area is 160 Å². The molecule has 7 heteroatoms. The summed E-state index contributed by atoms with van der Waals surface area (Å²) in [5, 5.41) is 14.6. The number of carboxylic acid groups (broad SMARTS) is 1. The molecule has 1 aromatic heterocycles. The molecule has 1 aliphatic heterocycles. The number of aromatic nitrogens is 2. The zero-order valence-corrected chi connectivity index (χ0v) is 15.0. The van der Waals surface area contributed by atoms with Gasteiger partial charge in [-0.25, -0.2) is 9.78 Å². The number of benzene rings is 2. The zero-order valence-electron chi connectivity index (χ0n) is 15.0. The van der Waals surface area contributed by atoms with E-state index in [2.05, 4.69) is 10.1 Å². The average Bonchev–Trinajstić information content (AvgIpc) is 3.33. The van der Waals surface area contributed by atoms with Gasteiger partial charge >= 0.3 is 5.97 Å². The standard InChI is InChI=1S/C21H16N4O3/c1-14-19(12-15-2-6-17(7-3-15)24-11-10-22-13-24)20(26)25(23-14)18-8-4-16(5-9-18)21(27)28/h2-13H,1H3,(H,27,28)/b19-12-. The van der Waals surface area contributed by atoms with Crippen LogP contribution in [0.4, 0.5) is 5.69 Å². The number of amides is 1. The van der Waals surface area contributed by atoms with Crippen molar-refractivity contribution in [3.05, 3.63) is 84.0 Å². The van der Waals surface area contributed by atoms with Crippen LogP contribution in [0.3, 0.4) is 0 Å². The smallest absolute Gasteiger partial charge is 0.335 e. The molecule has 7 nitrogen and oxygen atoms in total. The molecule has 138 valence electrons. The van der Waals surface area contributed by atoms with Crippen LogP contribution in [0.15, 0.2) is 77.9 Å². The van der Waals surface area contributed by atoms with Gasteiger partial charge in [-0.2, -0.15) is 10.1 Å². The fourth-order valence-electron chi connectivity index (χ4n) is 2.93. The second-order valence-electron chi connectivity index (χ2n) is 6.27. The van der Waals surface area contributed by atoms with Gasteiger partial charge in [0.25, 0.3) is 5.91 Å². The van der Waals surface area contributed by atoms with Gasteiger partial charge in [0, 0.05) is 18.1 Å². The summed E-state index contributed by atoms with van der Waals surface area (Å²) in [6.45, 7) is 1.77. The maximum Gasteiger partial charge on any atom is 0.335 e. The topological polar surface area (TPSA) is 87.8 Å². The Hall–Kier alpha value is -4.00. The quantitative estimate of drug-likeness (QED) is 0.711. The van der Waals surface area contributed by atoms with Crippen molar-refractivity contribution in [2.75, 3.05) is 5.01 Å². The SMILES string of the molecule is CC1=NN(c2ccc(C(=O)O)cc2)C(=O)/C1=C\c1ccc(-n2ccnc2)cc1. The molecule has 2 aromatic carbocycles. The van der Waals surface area contributed by atoms with Crippen molar-refractivity contribution >= 4 is 29.4 Å². The Bertz CT molecular complexity index is 1100. The second kappa shape index (κ2) is 6.96. The normalized spacial score (nSPS) is 15.2. The molecular formula is C21H16N4O3. The number of hydrazone groups is 1. The van der Waals surface area contributed by atoms with Gasteiger partial charge in [-0.1, -0.05) is 12.1 Å². The van der Waals surface area contributed by atoms with Gasteiger partial charge in [0.2, 0.25) is 0 Å². The Morgan fingerprint density at radius 2 is 1.71 bits per heavy atom.